The van der Waals surface area contributed by atoms with Crippen LogP contribution >= 0.6 is 12.6 Å². The van der Waals surface area contributed by atoms with Gasteiger partial charge in [0, 0.05) is 25.6 Å². The van der Waals surface area contributed by atoms with Crippen molar-refractivity contribution in [2.75, 3.05) is 13.1 Å². The SMILES string of the molecule is CC(C)NC(=O)N1CCN(C(=O)S)[C@@H](Cc2ccccc2)C1=O. The lowest BCUT2D eigenvalue weighted by Gasteiger charge is -2.39. The molecule has 0 bridgehead atoms. The van der Waals surface area contributed by atoms with Crippen molar-refractivity contribution in [1.82, 2.24) is 15.1 Å². The number of carbonyl (C=O) groups is 3. The molecule has 0 saturated carbocycles. The third-order valence-corrected chi connectivity index (χ3v) is 3.92. The van der Waals surface area contributed by atoms with Gasteiger partial charge in [-0.1, -0.05) is 43.0 Å². The first-order valence-electron chi connectivity index (χ1n) is 7.55. The van der Waals surface area contributed by atoms with Crippen LogP contribution in [-0.4, -0.2) is 52.2 Å². The fourth-order valence-corrected chi connectivity index (χ4v) is 2.82. The van der Waals surface area contributed by atoms with E-state index in [1.807, 2.05) is 44.2 Å². The molecule has 1 aromatic carbocycles. The average molecular weight is 335 g/mol. The molecule has 124 valence electrons. The summed E-state index contributed by atoms with van der Waals surface area (Å²) in [4.78, 5) is 39.2. The van der Waals surface area contributed by atoms with E-state index in [1.165, 1.54) is 9.80 Å². The molecule has 23 heavy (non-hydrogen) atoms. The molecule has 4 amide bonds. The molecule has 1 aliphatic rings. The van der Waals surface area contributed by atoms with Gasteiger partial charge in [0.25, 0.3) is 11.1 Å². The van der Waals surface area contributed by atoms with Crippen LogP contribution in [-0.2, 0) is 11.2 Å². The maximum absolute atomic E-state index is 12.7. The van der Waals surface area contributed by atoms with Crippen molar-refractivity contribution in [1.29, 1.82) is 0 Å². The predicted octanol–water partition coefficient (Wildman–Crippen LogP) is 1.91. The molecule has 0 radical (unpaired) electrons. The summed E-state index contributed by atoms with van der Waals surface area (Å²) < 4.78 is 0. The van der Waals surface area contributed by atoms with Crippen molar-refractivity contribution < 1.29 is 14.4 Å². The third-order valence-electron chi connectivity index (χ3n) is 3.67. The van der Waals surface area contributed by atoms with E-state index < -0.39 is 17.3 Å². The highest BCUT2D eigenvalue weighted by Gasteiger charge is 2.39. The van der Waals surface area contributed by atoms with E-state index in [2.05, 4.69) is 17.9 Å². The van der Waals surface area contributed by atoms with Gasteiger partial charge in [-0.15, -0.1) is 0 Å². The minimum Gasteiger partial charge on any atom is -0.335 e. The summed E-state index contributed by atoms with van der Waals surface area (Å²) in [5, 5.41) is 2.26. The van der Waals surface area contributed by atoms with Gasteiger partial charge in [-0.05, 0) is 19.4 Å². The van der Waals surface area contributed by atoms with Gasteiger partial charge in [0.2, 0.25) is 0 Å². The second-order valence-corrected chi connectivity index (χ2v) is 6.16. The summed E-state index contributed by atoms with van der Waals surface area (Å²) in [5.74, 6) is -0.374. The maximum atomic E-state index is 12.7. The van der Waals surface area contributed by atoms with Crippen LogP contribution in [0, 0.1) is 0 Å². The van der Waals surface area contributed by atoms with Crippen molar-refractivity contribution in [3.05, 3.63) is 35.9 Å². The molecule has 2 rings (SSSR count). The van der Waals surface area contributed by atoms with E-state index in [4.69, 9.17) is 0 Å². The predicted molar refractivity (Wildman–Crippen MR) is 90.4 cm³/mol. The number of thiol groups is 1. The van der Waals surface area contributed by atoms with Crippen LogP contribution in [0.2, 0.25) is 0 Å². The van der Waals surface area contributed by atoms with Crippen LogP contribution in [0.4, 0.5) is 9.59 Å². The van der Waals surface area contributed by atoms with E-state index in [-0.39, 0.29) is 25.0 Å². The van der Waals surface area contributed by atoms with Gasteiger partial charge in [0.15, 0.2) is 0 Å². The molecule has 1 aromatic rings. The molecule has 7 heteroatoms. The number of imide groups is 1. The van der Waals surface area contributed by atoms with E-state index >= 15 is 0 Å². The molecule has 1 atom stereocenters. The van der Waals surface area contributed by atoms with Gasteiger partial charge in [-0.25, -0.2) is 4.79 Å². The lowest BCUT2D eigenvalue weighted by molar-refractivity contribution is -0.136. The minimum atomic E-state index is -0.714. The largest absolute Gasteiger partial charge is 0.335 e. The quantitative estimate of drug-likeness (QED) is 0.829. The Kier molecular flexibility index (Phi) is 5.65. The molecular formula is C16H21N3O3S. The highest BCUT2D eigenvalue weighted by molar-refractivity contribution is 7.96. The molecular weight excluding hydrogens is 314 g/mol. The van der Waals surface area contributed by atoms with Gasteiger partial charge in [-0.3, -0.25) is 14.5 Å². The van der Waals surface area contributed by atoms with Gasteiger partial charge >= 0.3 is 6.03 Å². The van der Waals surface area contributed by atoms with E-state index in [9.17, 15) is 14.4 Å². The van der Waals surface area contributed by atoms with Gasteiger partial charge < -0.3 is 10.2 Å². The fourth-order valence-electron chi connectivity index (χ4n) is 2.58. The number of amides is 4. The molecule has 1 aliphatic heterocycles. The summed E-state index contributed by atoms with van der Waals surface area (Å²) in [6.07, 6.45) is 0.359. The Morgan fingerprint density at radius 3 is 2.48 bits per heavy atom. The lowest BCUT2D eigenvalue weighted by atomic mass is 10.0. The Morgan fingerprint density at radius 1 is 1.26 bits per heavy atom. The number of hydrogen-bond acceptors (Lipinski definition) is 3. The maximum Gasteiger partial charge on any atom is 0.324 e. The minimum absolute atomic E-state index is 0.0626. The highest BCUT2D eigenvalue weighted by Crippen LogP contribution is 2.18. The summed E-state index contributed by atoms with van der Waals surface area (Å²) >= 11 is 3.86. The Balaban J connectivity index is 2.20. The molecule has 0 unspecified atom stereocenters. The van der Waals surface area contributed by atoms with Gasteiger partial charge in [-0.2, -0.15) is 0 Å². The summed E-state index contributed by atoms with van der Waals surface area (Å²) in [6, 6.07) is 8.22. The number of nitrogens with one attached hydrogen (secondary N) is 1. The Morgan fingerprint density at radius 2 is 1.91 bits per heavy atom. The smallest absolute Gasteiger partial charge is 0.324 e. The first-order chi connectivity index (χ1) is 10.9. The van der Waals surface area contributed by atoms with Crippen molar-refractivity contribution in [3.63, 3.8) is 0 Å². The van der Waals surface area contributed by atoms with Gasteiger partial charge in [0.05, 0.1) is 0 Å². The molecule has 0 aliphatic carbocycles. The van der Waals surface area contributed by atoms with Crippen LogP contribution in [0.15, 0.2) is 30.3 Å². The van der Waals surface area contributed by atoms with Crippen LogP contribution in [0.1, 0.15) is 19.4 Å². The zero-order valence-corrected chi connectivity index (χ0v) is 14.1. The van der Waals surface area contributed by atoms with Crippen molar-refractivity contribution in [2.24, 2.45) is 0 Å². The summed E-state index contributed by atoms with van der Waals surface area (Å²) in [6.45, 7) is 4.13. The molecule has 1 heterocycles. The Labute approximate surface area is 141 Å². The van der Waals surface area contributed by atoms with Crippen molar-refractivity contribution >= 4 is 29.8 Å². The van der Waals surface area contributed by atoms with Crippen LogP contribution in [0.25, 0.3) is 0 Å². The summed E-state index contributed by atoms with van der Waals surface area (Å²) in [7, 11) is 0. The number of piperazine rings is 1. The number of benzene rings is 1. The molecule has 0 aromatic heterocycles. The Bertz CT molecular complexity index is 591. The van der Waals surface area contributed by atoms with E-state index in [0.29, 0.717) is 6.42 Å². The number of rotatable bonds is 3. The number of nitrogens with zero attached hydrogens (tertiary/aromatic N) is 2. The zero-order valence-electron chi connectivity index (χ0n) is 13.2. The van der Waals surface area contributed by atoms with Crippen LogP contribution < -0.4 is 5.32 Å². The molecule has 6 nitrogen and oxygen atoms in total. The number of carbonyl (C=O) groups excluding carboxylic acids is 3. The highest BCUT2D eigenvalue weighted by atomic mass is 32.1. The van der Waals surface area contributed by atoms with Crippen LogP contribution in [0.3, 0.4) is 0 Å². The second-order valence-electron chi connectivity index (χ2n) is 5.78. The van der Waals surface area contributed by atoms with Crippen molar-refractivity contribution in [3.8, 4) is 0 Å². The van der Waals surface area contributed by atoms with E-state index in [1.54, 1.807) is 0 Å². The van der Waals surface area contributed by atoms with Gasteiger partial charge in [0.1, 0.15) is 6.04 Å². The standard InChI is InChI=1S/C16H21N3O3S/c1-11(2)17-15(21)19-9-8-18(16(22)23)13(14(19)20)10-12-6-4-3-5-7-12/h3-7,11,13H,8-10H2,1-2H3,(H,17,21)(H,22,23)/t13-/m0/s1. The normalized spacial score (nSPS) is 18.3. The monoisotopic (exact) mass is 335 g/mol. The molecule has 1 saturated heterocycles. The van der Waals surface area contributed by atoms with Crippen molar-refractivity contribution in [2.45, 2.75) is 32.4 Å². The van der Waals surface area contributed by atoms with E-state index in [0.717, 1.165) is 5.56 Å². The van der Waals surface area contributed by atoms with Crippen LogP contribution in [0.5, 0.6) is 0 Å². The zero-order chi connectivity index (χ0) is 17.0. The fraction of sp³-hybridized carbons (Fsp3) is 0.438. The molecule has 1 fully saturated rings. The molecule has 0 spiro atoms. The number of hydrogen-bond donors (Lipinski definition) is 2. The lowest BCUT2D eigenvalue weighted by Crippen LogP contribution is -2.62. The number of urea groups is 1. The topological polar surface area (TPSA) is 69.7 Å². The second kappa shape index (κ2) is 7.50. The molecule has 1 N–H and O–H groups in total. The Hall–Kier alpha value is -2.02. The third kappa shape index (κ3) is 4.25. The first kappa shape index (κ1) is 17.3. The summed E-state index contributed by atoms with van der Waals surface area (Å²) in [5.41, 5.74) is 0.927. The first-order valence-corrected chi connectivity index (χ1v) is 8.00. The average Bonchev–Trinajstić information content (AvgIpc) is 2.49.